The number of nitrogens with one attached hydrogen (secondary N) is 3. The Morgan fingerprint density at radius 3 is 2.63 bits per heavy atom. The fourth-order valence-electron chi connectivity index (χ4n) is 7.22. The smallest absolute Gasteiger partial charge is 0.410 e. The van der Waals surface area contributed by atoms with Gasteiger partial charge in [0.1, 0.15) is 35.2 Å². The standard InChI is InChI=1S/C35H40FN7O8S/c36-26-9-6-7-21-18-42(20-25(21)26)34(48)51-23-15-29-31(45)40-35(33(47)41-52(49,50)24-11-12-24)16-22(35)8-4-2-1-3-5-10-27(32(46)43(29)19-23)39-30(44)28-17-37-13-14-38-28/h4,6-9,13-14,17,22-24,27,29H,1-3,5,10-12,15-16,18-20H2,(H,39,44)(H,40,45)(H,41,47)/t22-,23-,27+,29+,35-/m1/s1. The van der Waals surface area contributed by atoms with Crippen LogP contribution in [0.2, 0.25) is 0 Å². The topological polar surface area (TPSA) is 197 Å². The average molecular weight is 738 g/mol. The van der Waals surface area contributed by atoms with E-state index in [1.807, 2.05) is 12.2 Å². The van der Waals surface area contributed by atoms with Gasteiger partial charge in [0.15, 0.2) is 0 Å². The fraction of sp³-hybridized carbons (Fsp3) is 0.514. The summed E-state index contributed by atoms with van der Waals surface area (Å²) in [7, 11) is -3.93. The van der Waals surface area contributed by atoms with Crippen LogP contribution in [0.15, 0.2) is 48.9 Å². The second kappa shape index (κ2) is 14.2. The molecule has 3 N–H and O–H groups in total. The number of benzene rings is 1. The molecule has 1 aromatic heterocycles. The summed E-state index contributed by atoms with van der Waals surface area (Å²) in [6.45, 7) is -0.0845. The summed E-state index contributed by atoms with van der Waals surface area (Å²) in [5.41, 5.74) is -0.539. The van der Waals surface area contributed by atoms with Gasteiger partial charge in [0.2, 0.25) is 21.8 Å². The molecule has 0 spiro atoms. The number of halogens is 1. The van der Waals surface area contributed by atoms with Gasteiger partial charge in [-0.15, -0.1) is 0 Å². The van der Waals surface area contributed by atoms with Gasteiger partial charge in [-0.3, -0.25) is 33.8 Å². The fourth-order valence-corrected chi connectivity index (χ4v) is 8.59. The van der Waals surface area contributed by atoms with Crippen LogP contribution in [0.1, 0.15) is 79.4 Å². The van der Waals surface area contributed by atoms with Crippen LogP contribution in [0.5, 0.6) is 0 Å². The third-order valence-electron chi connectivity index (χ3n) is 10.4. The number of sulfonamides is 1. The average Bonchev–Trinajstić information content (AvgIpc) is 4.01. The molecule has 1 aromatic carbocycles. The van der Waals surface area contributed by atoms with E-state index in [-0.39, 0.29) is 44.6 Å². The molecule has 0 radical (unpaired) electrons. The van der Waals surface area contributed by atoms with Crippen molar-refractivity contribution in [1.82, 2.24) is 35.1 Å². The van der Waals surface area contributed by atoms with Crippen molar-refractivity contribution in [3.63, 3.8) is 0 Å². The number of amides is 5. The first-order valence-electron chi connectivity index (χ1n) is 17.6. The Morgan fingerprint density at radius 2 is 1.88 bits per heavy atom. The normalized spacial score (nSPS) is 27.6. The molecule has 276 valence electrons. The van der Waals surface area contributed by atoms with Gasteiger partial charge in [-0.2, -0.15) is 0 Å². The molecular formula is C35H40FN7O8S. The lowest BCUT2D eigenvalue weighted by molar-refractivity contribution is -0.141. The zero-order chi connectivity index (χ0) is 36.6. The molecule has 0 unspecified atom stereocenters. The van der Waals surface area contributed by atoms with Crippen molar-refractivity contribution in [3.05, 3.63) is 71.6 Å². The number of nitrogens with zero attached hydrogens (tertiary/aromatic N) is 4. The van der Waals surface area contributed by atoms with Crippen LogP contribution in [0.25, 0.3) is 0 Å². The quantitative estimate of drug-likeness (QED) is 0.368. The van der Waals surface area contributed by atoms with E-state index in [9.17, 15) is 36.8 Å². The highest BCUT2D eigenvalue weighted by Crippen LogP contribution is 2.46. The maximum Gasteiger partial charge on any atom is 0.410 e. The van der Waals surface area contributed by atoms with E-state index in [4.69, 9.17) is 4.74 Å². The Kier molecular flexibility index (Phi) is 9.71. The van der Waals surface area contributed by atoms with Crippen molar-refractivity contribution < 1.29 is 41.5 Å². The molecule has 7 rings (SSSR count). The molecule has 5 amide bonds. The van der Waals surface area contributed by atoms with Gasteiger partial charge in [0.05, 0.1) is 24.5 Å². The van der Waals surface area contributed by atoms with Gasteiger partial charge in [0, 0.05) is 36.8 Å². The summed E-state index contributed by atoms with van der Waals surface area (Å²) in [6.07, 6.45) is 9.85. The molecule has 2 aliphatic carbocycles. The van der Waals surface area contributed by atoms with Crippen LogP contribution in [-0.2, 0) is 42.2 Å². The molecule has 1 saturated heterocycles. The van der Waals surface area contributed by atoms with E-state index in [2.05, 4.69) is 25.3 Å². The van der Waals surface area contributed by atoms with Gasteiger partial charge in [-0.05, 0) is 50.2 Å². The van der Waals surface area contributed by atoms with Crippen LogP contribution in [0.4, 0.5) is 9.18 Å². The predicted molar refractivity (Wildman–Crippen MR) is 181 cm³/mol. The van der Waals surface area contributed by atoms with Crippen molar-refractivity contribution in [2.24, 2.45) is 5.92 Å². The lowest BCUT2D eigenvalue weighted by Gasteiger charge is -2.29. The van der Waals surface area contributed by atoms with Crippen LogP contribution >= 0.6 is 0 Å². The second-order valence-corrected chi connectivity index (χ2v) is 16.1. The summed E-state index contributed by atoms with van der Waals surface area (Å²) < 4.78 is 47.9. The minimum Gasteiger partial charge on any atom is -0.444 e. The molecule has 0 bridgehead atoms. The minimum atomic E-state index is -3.93. The Morgan fingerprint density at radius 1 is 1.06 bits per heavy atom. The summed E-state index contributed by atoms with van der Waals surface area (Å²) in [6, 6.07) is 2.27. The number of rotatable bonds is 6. The highest BCUT2D eigenvalue weighted by molar-refractivity contribution is 7.91. The Hall–Kier alpha value is -4.93. The maximum atomic E-state index is 14.4. The van der Waals surface area contributed by atoms with E-state index < -0.39 is 80.5 Å². The number of allylic oxidation sites excluding steroid dienone is 1. The molecule has 5 aliphatic rings. The molecule has 17 heteroatoms. The molecule has 4 heterocycles. The minimum absolute atomic E-state index is 0.00391. The number of hydrogen-bond acceptors (Lipinski definition) is 10. The largest absolute Gasteiger partial charge is 0.444 e. The summed E-state index contributed by atoms with van der Waals surface area (Å²) in [5.74, 6) is -3.72. The molecular weight excluding hydrogens is 697 g/mol. The molecule has 2 saturated carbocycles. The number of carbonyl (C=O) groups is 5. The Bertz CT molecular complexity index is 1910. The van der Waals surface area contributed by atoms with Crippen LogP contribution in [0.3, 0.4) is 0 Å². The zero-order valence-corrected chi connectivity index (χ0v) is 29.1. The molecule has 2 aromatic rings. The van der Waals surface area contributed by atoms with Gasteiger partial charge in [0.25, 0.3) is 11.8 Å². The third kappa shape index (κ3) is 7.36. The van der Waals surface area contributed by atoms with Crippen molar-refractivity contribution in [1.29, 1.82) is 0 Å². The van der Waals surface area contributed by atoms with Gasteiger partial charge >= 0.3 is 6.09 Å². The van der Waals surface area contributed by atoms with E-state index >= 15 is 0 Å². The first kappa shape index (κ1) is 35.5. The first-order chi connectivity index (χ1) is 24.9. The lowest BCUT2D eigenvalue weighted by atomic mass is 10.0. The third-order valence-corrected chi connectivity index (χ3v) is 12.2. The molecule has 52 heavy (non-hydrogen) atoms. The highest BCUT2D eigenvalue weighted by Gasteiger charge is 2.62. The number of aromatic nitrogens is 2. The number of fused-ring (bicyclic) bond motifs is 3. The van der Waals surface area contributed by atoms with Crippen molar-refractivity contribution in [2.75, 3.05) is 6.54 Å². The Labute approximate surface area is 299 Å². The van der Waals surface area contributed by atoms with Crippen molar-refractivity contribution in [3.8, 4) is 0 Å². The summed E-state index contributed by atoms with van der Waals surface area (Å²) in [5, 5.41) is 4.86. The van der Waals surface area contributed by atoms with E-state index in [0.717, 1.165) is 6.42 Å². The SMILES string of the molecule is O=C(N[C@H]1CCCCCC=C[C@@H]2C[C@@]2(C(=O)NS(=O)(=O)C2CC2)NC(=O)[C@@H]2C[C@@H](OC(=O)N3Cc4cccc(F)c4C3)CN2C1=O)c1cnccn1. The molecule has 5 atom stereocenters. The van der Waals surface area contributed by atoms with Crippen molar-refractivity contribution >= 4 is 39.7 Å². The molecule has 15 nitrogen and oxygen atoms in total. The second-order valence-electron chi connectivity index (χ2n) is 14.1. The number of ether oxygens (including phenoxy) is 1. The first-order valence-corrected chi connectivity index (χ1v) is 19.1. The number of hydrogen-bond donors (Lipinski definition) is 3. The molecule has 3 aliphatic heterocycles. The monoisotopic (exact) mass is 737 g/mol. The highest BCUT2D eigenvalue weighted by atomic mass is 32.2. The summed E-state index contributed by atoms with van der Waals surface area (Å²) >= 11 is 0. The lowest BCUT2D eigenvalue weighted by Crippen LogP contribution is -2.58. The van der Waals surface area contributed by atoms with Gasteiger partial charge in [-0.25, -0.2) is 22.6 Å². The van der Waals surface area contributed by atoms with E-state index in [1.54, 1.807) is 12.1 Å². The van der Waals surface area contributed by atoms with Crippen LogP contribution in [0, 0.1) is 11.7 Å². The predicted octanol–water partition coefficient (Wildman–Crippen LogP) is 1.84. The van der Waals surface area contributed by atoms with Crippen LogP contribution < -0.4 is 15.4 Å². The van der Waals surface area contributed by atoms with Gasteiger partial charge < -0.3 is 20.3 Å². The van der Waals surface area contributed by atoms with Gasteiger partial charge in [-0.1, -0.05) is 37.1 Å². The van der Waals surface area contributed by atoms with Crippen molar-refractivity contribution in [2.45, 2.75) is 99.9 Å². The maximum absolute atomic E-state index is 14.4. The Balaban J connectivity index is 1.14. The van der Waals surface area contributed by atoms with E-state index in [1.165, 1.54) is 34.5 Å². The van der Waals surface area contributed by atoms with E-state index in [0.29, 0.717) is 43.2 Å². The van der Waals surface area contributed by atoms with Crippen LogP contribution in [-0.4, -0.2) is 93.4 Å². The summed E-state index contributed by atoms with van der Waals surface area (Å²) in [4.78, 5) is 79.2. The zero-order valence-electron chi connectivity index (χ0n) is 28.3. The molecule has 3 fully saturated rings. The number of carbonyl (C=O) groups excluding carboxylic acids is 5.